The van der Waals surface area contributed by atoms with Gasteiger partial charge in [-0.15, -0.1) is 0 Å². The molecule has 29 heavy (non-hydrogen) atoms. The smallest absolute Gasteiger partial charge is 0.262 e. The number of hydrogen-bond donors (Lipinski definition) is 2. The number of nitrogens with one attached hydrogen (secondary N) is 2. The predicted molar refractivity (Wildman–Crippen MR) is 106 cm³/mol. The largest absolute Gasteiger partial charge is 0.353 e. The summed E-state index contributed by atoms with van der Waals surface area (Å²) in [6.07, 6.45) is 0. The summed E-state index contributed by atoms with van der Waals surface area (Å²) in [6, 6.07) is 11.5. The maximum atomic E-state index is 12.4. The van der Waals surface area contributed by atoms with Gasteiger partial charge in [0.15, 0.2) is 0 Å². The monoisotopic (exact) mass is 415 g/mol. The van der Waals surface area contributed by atoms with Crippen LogP contribution in [-0.4, -0.2) is 50.7 Å². The van der Waals surface area contributed by atoms with Crippen LogP contribution in [0.1, 0.15) is 31.8 Å². The first kappa shape index (κ1) is 20.7. The average molecular weight is 415 g/mol. The van der Waals surface area contributed by atoms with Crippen LogP contribution in [-0.2, 0) is 14.8 Å². The van der Waals surface area contributed by atoms with Gasteiger partial charge in [0.05, 0.1) is 16.0 Å². The summed E-state index contributed by atoms with van der Waals surface area (Å²) in [5, 5.41) is 2.52. The Kier molecular flexibility index (Phi) is 5.81. The Morgan fingerprint density at radius 1 is 0.966 bits per heavy atom. The molecular weight excluding hydrogens is 394 g/mol. The summed E-state index contributed by atoms with van der Waals surface area (Å²) >= 11 is 0. The second kappa shape index (κ2) is 8.14. The normalized spacial score (nSPS) is 13.5. The van der Waals surface area contributed by atoms with Crippen molar-refractivity contribution in [2.24, 2.45) is 0 Å². The van der Waals surface area contributed by atoms with E-state index in [1.54, 1.807) is 38.1 Å². The number of benzene rings is 2. The van der Waals surface area contributed by atoms with Crippen LogP contribution in [0.4, 0.5) is 0 Å². The van der Waals surface area contributed by atoms with Crippen LogP contribution in [0.25, 0.3) is 0 Å². The van der Waals surface area contributed by atoms with E-state index in [-0.39, 0.29) is 29.1 Å². The highest BCUT2D eigenvalue weighted by Gasteiger charge is 2.36. The van der Waals surface area contributed by atoms with E-state index in [4.69, 9.17) is 0 Å². The molecule has 2 N–H and O–H groups in total. The van der Waals surface area contributed by atoms with Crippen molar-refractivity contribution in [1.82, 2.24) is 14.9 Å². The zero-order valence-electron chi connectivity index (χ0n) is 16.1. The molecule has 0 bridgehead atoms. The van der Waals surface area contributed by atoms with Gasteiger partial charge in [0.1, 0.15) is 6.54 Å². The van der Waals surface area contributed by atoms with Gasteiger partial charge >= 0.3 is 0 Å². The van der Waals surface area contributed by atoms with Crippen LogP contribution >= 0.6 is 0 Å². The molecule has 0 saturated carbocycles. The van der Waals surface area contributed by atoms with Crippen molar-refractivity contribution in [2.75, 3.05) is 19.6 Å². The summed E-state index contributed by atoms with van der Waals surface area (Å²) in [5.74, 6) is -1.59. The van der Waals surface area contributed by atoms with E-state index < -0.39 is 34.3 Å². The Morgan fingerprint density at radius 2 is 1.59 bits per heavy atom. The zero-order valence-corrected chi connectivity index (χ0v) is 16.9. The number of fused-ring (bicyclic) bond motifs is 1. The molecule has 8 nitrogen and oxygen atoms in total. The van der Waals surface area contributed by atoms with Crippen LogP contribution in [0.15, 0.2) is 47.4 Å². The van der Waals surface area contributed by atoms with E-state index in [2.05, 4.69) is 10.0 Å². The second-order valence-corrected chi connectivity index (χ2v) is 8.49. The van der Waals surface area contributed by atoms with Crippen molar-refractivity contribution in [3.8, 4) is 0 Å². The Labute approximate surface area is 169 Å². The van der Waals surface area contributed by atoms with Crippen molar-refractivity contribution in [1.29, 1.82) is 0 Å². The highest BCUT2D eigenvalue weighted by Crippen LogP contribution is 2.21. The van der Waals surface area contributed by atoms with E-state index in [1.165, 1.54) is 12.1 Å². The molecule has 3 amide bonds. The zero-order chi connectivity index (χ0) is 21.2. The summed E-state index contributed by atoms with van der Waals surface area (Å²) in [7, 11) is -3.71. The van der Waals surface area contributed by atoms with Crippen molar-refractivity contribution in [3.05, 3.63) is 64.7 Å². The van der Waals surface area contributed by atoms with Crippen LogP contribution in [0, 0.1) is 13.8 Å². The fraction of sp³-hybridized carbons (Fsp3) is 0.250. The summed E-state index contributed by atoms with van der Waals surface area (Å²) in [6.45, 7) is 3.08. The highest BCUT2D eigenvalue weighted by molar-refractivity contribution is 7.89. The first-order valence-electron chi connectivity index (χ1n) is 8.99. The molecule has 0 aliphatic carbocycles. The van der Waals surface area contributed by atoms with Gasteiger partial charge < -0.3 is 5.32 Å². The molecule has 0 atom stereocenters. The number of imide groups is 1. The van der Waals surface area contributed by atoms with Crippen molar-refractivity contribution in [2.45, 2.75) is 18.7 Å². The van der Waals surface area contributed by atoms with Crippen molar-refractivity contribution in [3.63, 3.8) is 0 Å². The summed E-state index contributed by atoms with van der Waals surface area (Å²) in [5.41, 5.74) is 1.99. The van der Waals surface area contributed by atoms with Gasteiger partial charge in [-0.25, -0.2) is 13.1 Å². The van der Waals surface area contributed by atoms with E-state index >= 15 is 0 Å². The number of sulfonamides is 1. The molecule has 0 fully saturated rings. The fourth-order valence-electron chi connectivity index (χ4n) is 3.04. The highest BCUT2D eigenvalue weighted by atomic mass is 32.2. The van der Waals surface area contributed by atoms with Gasteiger partial charge in [-0.2, -0.15) is 0 Å². The number of hydrogen-bond acceptors (Lipinski definition) is 5. The number of nitrogens with zero attached hydrogens (tertiary/aromatic N) is 1. The SMILES string of the molecule is Cc1ccc(C)c(S(=O)(=O)NCCNC(=O)CN2C(=O)c3ccccc3C2=O)c1. The lowest BCUT2D eigenvalue weighted by Gasteiger charge is -2.14. The molecule has 2 aromatic carbocycles. The first-order chi connectivity index (χ1) is 13.7. The molecule has 0 saturated heterocycles. The van der Waals surface area contributed by atoms with Crippen LogP contribution < -0.4 is 10.0 Å². The quantitative estimate of drug-likeness (QED) is 0.517. The number of amides is 3. The number of carbonyl (C=O) groups excluding carboxylic acids is 3. The maximum Gasteiger partial charge on any atom is 0.262 e. The molecular formula is C20H21N3O5S. The Morgan fingerprint density at radius 3 is 2.21 bits per heavy atom. The minimum absolute atomic E-state index is 0.0199. The van der Waals surface area contributed by atoms with E-state index in [9.17, 15) is 22.8 Å². The Hall–Kier alpha value is -3.04. The van der Waals surface area contributed by atoms with E-state index in [0.717, 1.165) is 10.5 Å². The van der Waals surface area contributed by atoms with E-state index in [1.807, 2.05) is 6.07 Å². The molecule has 1 aliphatic heterocycles. The minimum atomic E-state index is -3.71. The number of carbonyl (C=O) groups is 3. The third-order valence-electron chi connectivity index (χ3n) is 4.55. The lowest BCUT2D eigenvalue weighted by Crippen LogP contribution is -2.42. The van der Waals surface area contributed by atoms with Gasteiger partial charge in [-0.05, 0) is 43.2 Å². The average Bonchev–Trinajstić information content (AvgIpc) is 2.92. The molecule has 0 spiro atoms. The molecule has 3 rings (SSSR count). The minimum Gasteiger partial charge on any atom is -0.353 e. The van der Waals surface area contributed by atoms with Gasteiger partial charge in [-0.3, -0.25) is 19.3 Å². The molecule has 9 heteroatoms. The van der Waals surface area contributed by atoms with Crippen LogP contribution in [0.5, 0.6) is 0 Å². The fourth-order valence-corrected chi connectivity index (χ4v) is 4.40. The molecule has 0 unspecified atom stereocenters. The molecule has 1 heterocycles. The van der Waals surface area contributed by atoms with Gasteiger partial charge in [-0.1, -0.05) is 24.3 Å². The van der Waals surface area contributed by atoms with Gasteiger partial charge in [0.25, 0.3) is 11.8 Å². The maximum absolute atomic E-state index is 12.4. The molecule has 0 aromatic heterocycles. The second-order valence-electron chi connectivity index (χ2n) is 6.76. The summed E-state index contributed by atoms with van der Waals surface area (Å²) < 4.78 is 27.3. The van der Waals surface area contributed by atoms with Gasteiger partial charge in [0.2, 0.25) is 15.9 Å². The molecule has 1 aliphatic rings. The third kappa shape index (κ3) is 4.36. The lowest BCUT2D eigenvalue weighted by atomic mass is 10.1. The molecule has 2 aromatic rings. The first-order valence-corrected chi connectivity index (χ1v) is 10.5. The lowest BCUT2D eigenvalue weighted by molar-refractivity contribution is -0.121. The van der Waals surface area contributed by atoms with Crippen molar-refractivity contribution >= 4 is 27.7 Å². The number of aryl methyl sites for hydroxylation is 2. The third-order valence-corrected chi connectivity index (χ3v) is 6.16. The van der Waals surface area contributed by atoms with Crippen LogP contribution in [0.2, 0.25) is 0 Å². The van der Waals surface area contributed by atoms with E-state index in [0.29, 0.717) is 5.56 Å². The molecule has 152 valence electrons. The molecule has 0 radical (unpaired) electrons. The summed E-state index contributed by atoms with van der Waals surface area (Å²) in [4.78, 5) is 37.7. The van der Waals surface area contributed by atoms with Crippen molar-refractivity contribution < 1.29 is 22.8 Å². The topological polar surface area (TPSA) is 113 Å². The Bertz CT molecular complexity index is 1060. The number of rotatable bonds is 7. The Balaban J connectivity index is 1.51. The van der Waals surface area contributed by atoms with Gasteiger partial charge in [0, 0.05) is 13.1 Å². The van der Waals surface area contributed by atoms with Crippen LogP contribution in [0.3, 0.4) is 0 Å². The standard InChI is InChI=1S/C20H21N3O5S/c1-13-7-8-14(2)17(11-13)29(27,28)22-10-9-21-18(24)12-23-19(25)15-5-3-4-6-16(15)20(23)26/h3-8,11,22H,9-10,12H2,1-2H3,(H,21,24). The predicted octanol–water partition coefficient (Wildman–Crippen LogP) is 0.994.